The Hall–Kier alpha value is -3.02. The molecule has 3 amide bonds. The molecule has 0 radical (unpaired) electrons. The third-order valence-corrected chi connectivity index (χ3v) is 4.52. The molecule has 0 saturated carbocycles. The molecule has 3 rings (SSSR count). The molecule has 6 heteroatoms. The van der Waals surface area contributed by atoms with Crippen LogP contribution >= 0.6 is 0 Å². The lowest BCUT2D eigenvalue weighted by Crippen LogP contribution is -2.40. The van der Waals surface area contributed by atoms with Crippen LogP contribution in [0.25, 0.3) is 0 Å². The average molecular weight is 354 g/mol. The van der Waals surface area contributed by atoms with Crippen LogP contribution in [-0.4, -0.2) is 30.6 Å². The summed E-state index contributed by atoms with van der Waals surface area (Å²) in [7, 11) is 1.56. The highest BCUT2D eigenvalue weighted by molar-refractivity contribution is 6.07. The molecular weight excluding hydrogens is 332 g/mol. The van der Waals surface area contributed by atoms with Gasteiger partial charge in [0.2, 0.25) is 0 Å². The van der Waals surface area contributed by atoms with E-state index in [1.165, 1.54) is 4.90 Å². The Morgan fingerprint density at radius 1 is 1.12 bits per heavy atom. The molecule has 2 aromatic carbocycles. The first kappa shape index (κ1) is 17.8. The minimum absolute atomic E-state index is 0.153. The molecule has 2 aromatic rings. The van der Waals surface area contributed by atoms with Crippen LogP contribution in [0.4, 0.5) is 4.79 Å². The van der Waals surface area contributed by atoms with Crippen LogP contribution in [-0.2, 0) is 16.9 Å². The van der Waals surface area contributed by atoms with Crippen LogP contribution in [0.2, 0.25) is 0 Å². The lowest BCUT2D eigenvalue weighted by molar-refractivity contribution is -0.131. The van der Waals surface area contributed by atoms with Gasteiger partial charge in [-0.2, -0.15) is 0 Å². The number of imide groups is 1. The smallest absolute Gasteiger partial charge is 0.325 e. The van der Waals surface area contributed by atoms with Crippen LogP contribution in [0.3, 0.4) is 0 Å². The third-order valence-electron chi connectivity index (χ3n) is 4.52. The molecule has 1 aliphatic rings. The predicted molar refractivity (Wildman–Crippen MR) is 97.0 cm³/mol. The lowest BCUT2D eigenvalue weighted by atomic mass is 9.92. The summed E-state index contributed by atoms with van der Waals surface area (Å²) in [5.41, 5.74) is 0.329. The standard InChI is InChI=1S/C20H22N2O4/c1-4-26-17-11-6-5-8-14(17)13-22-18(23)20(2,21-19(22)24)15-9-7-10-16(12-15)25-3/h5-12H,4,13H2,1-3H3,(H,21,24). The molecule has 136 valence electrons. The van der Waals surface area contributed by atoms with E-state index in [4.69, 9.17) is 9.47 Å². The minimum Gasteiger partial charge on any atom is -0.497 e. The normalized spacial score (nSPS) is 19.4. The minimum atomic E-state index is -1.13. The van der Waals surface area contributed by atoms with Gasteiger partial charge in [-0.15, -0.1) is 0 Å². The summed E-state index contributed by atoms with van der Waals surface area (Å²) in [5.74, 6) is 0.999. The van der Waals surface area contributed by atoms with E-state index < -0.39 is 11.6 Å². The van der Waals surface area contributed by atoms with Crippen molar-refractivity contribution in [2.75, 3.05) is 13.7 Å². The Kier molecular flexibility index (Phi) is 4.84. The fraction of sp³-hybridized carbons (Fsp3) is 0.300. The summed E-state index contributed by atoms with van der Waals surface area (Å²) >= 11 is 0. The molecule has 1 atom stereocenters. The van der Waals surface area contributed by atoms with Gasteiger partial charge in [-0.05, 0) is 37.6 Å². The Morgan fingerprint density at radius 3 is 2.62 bits per heavy atom. The molecule has 6 nitrogen and oxygen atoms in total. The summed E-state index contributed by atoms with van der Waals surface area (Å²) < 4.78 is 10.8. The van der Waals surface area contributed by atoms with E-state index in [2.05, 4.69) is 5.32 Å². The summed E-state index contributed by atoms with van der Waals surface area (Å²) in [6.45, 7) is 4.26. The maximum atomic E-state index is 13.1. The van der Waals surface area contributed by atoms with E-state index in [0.29, 0.717) is 23.7 Å². The van der Waals surface area contributed by atoms with Crippen LogP contribution in [0.5, 0.6) is 11.5 Å². The third kappa shape index (κ3) is 3.10. The molecule has 0 aromatic heterocycles. The van der Waals surface area contributed by atoms with E-state index in [0.717, 1.165) is 5.56 Å². The molecule has 1 N–H and O–H groups in total. The van der Waals surface area contributed by atoms with Crippen molar-refractivity contribution in [3.8, 4) is 11.5 Å². The van der Waals surface area contributed by atoms with Gasteiger partial charge in [0, 0.05) is 5.56 Å². The fourth-order valence-electron chi connectivity index (χ4n) is 3.07. The number of para-hydroxylation sites is 1. The van der Waals surface area contributed by atoms with Crippen LogP contribution in [0, 0.1) is 0 Å². The Balaban J connectivity index is 1.89. The van der Waals surface area contributed by atoms with E-state index in [9.17, 15) is 9.59 Å². The second-order valence-electron chi connectivity index (χ2n) is 6.22. The molecule has 1 unspecified atom stereocenters. The average Bonchev–Trinajstić information content (AvgIpc) is 2.87. The first-order valence-electron chi connectivity index (χ1n) is 8.49. The molecular formula is C20H22N2O4. The zero-order chi connectivity index (χ0) is 18.7. The summed E-state index contributed by atoms with van der Waals surface area (Å²) in [6, 6.07) is 14.1. The maximum absolute atomic E-state index is 13.1. The van der Waals surface area contributed by atoms with Gasteiger partial charge in [0.25, 0.3) is 5.91 Å². The zero-order valence-electron chi connectivity index (χ0n) is 15.1. The van der Waals surface area contributed by atoms with Gasteiger partial charge >= 0.3 is 6.03 Å². The van der Waals surface area contributed by atoms with Gasteiger partial charge < -0.3 is 14.8 Å². The summed E-state index contributed by atoms with van der Waals surface area (Å²) in [6.07, 6.45) is 0. The van der Waals surface area contributed by atoms with Gasteiger partial charge in [0.05, 0.1) is 20.3 Å². The quantitative estimate of drug-likeness (QED) is 0.810. The van der Waals surface area contributed by atoms with Crippen molar-refractivity contribution in [1.82, 2.24) is 10.2 Å². The van der Waals surface area contributed by atoms with Crippen molar-refractivity contribution in [1.29, 1.82) is 0 Å². The second kappa shape index (κ2) is 7.07. The number of methoxy groups -OCH3 is 1. The van der Waals surface area contributed by atoms with Crippen LogP contribution in [0.15, 0.2) is 48.5 Å². The largest absolute Gasteiger partial charge is 0.497 e. The zero-order valence-corrected chi connectivity index (χ0v) is 15.1. The van der Waals surface area contributed by atoms with Gasteiger partial charge in [-0.1, -0.05) is 30.3 Å². The number of rotatable bonds is 6. The van der Waals surface area contributed by atoms with E-state index in [-0.39, 0.29) is 12.5 Å². The molecule has 1 fully saturated rings. The number of benzene rings is 2. The van der Waals surface area contributed by atoms with E-state index in [1.807, 2.05) is 31.2 Å². The Labute approximate surface area is 152 Å². The van der Waals surface area contributed by atoms with Crippen molar-refractivity contribution in [3.05, 3.63) is 59.7 Å². The summed E-state index contributed by atoms with van der Waals surface area (Å²) in [4.78, 5) is 26.8. The number of nitrogens with zero attached hydrogens (tertiary/aromatic N) is 1. The molecule has 1 saturated heterocycles. The van der Waals surface area contributed by atoms with Crippen molar-refractivity contribution in [3.63, 3.8) is 0 Å². The first-order valence-corrected chi connectivity index (χ1v) is 8.49. The van der Waals surface area contributed by atoms with Gasteiger partial charge in [0.1, 0.15) is 17.0 Å². The molecule has 1 aliphatic heterocycles. The number of amides is 3. The molecule has 1 heterocycles. The van der Waals surface area contributed by atoms with Crippen molar-refractivity contribution in [2.45, 2.75) is 25.9 Å². The Morgan fingerprint density at radius 2 is 1.88 bits per heavy atom. The van der Waals surface area contributed by atoms with Gasteiger partial charge in [0.15, 0.2) is 0 Å². The highest BCUT2D eigenvalue weighted by Gasteiger charge is 2.49. The number of nitrogens with one attached hydrogen (secondary N) is 1. The molecule has 0 aliphatic carbocycles. The molecule has 26 heavy (non-hydrogen) atoms. The summed E-state index contributed by atoms with van der Waals surface area (Å²) in [5, 5.41) is 2.81. The number of carbonyl (C=O) groups is 2. The van der Waals surface area contributed by atoms with Gasteiger partial charge in [-0.3, -0.25) is 9.69 Å². The maximum Gasteiger partial charge on any atom is 0.325 e. The topological polar surface area (TPSA) is 67.9 Å². The van der Waals surface area contributed by atoms with Crippen molar-refractivity contribution < 1.29 is 19.1 Å². The first-order chi connectivity index (χ1) is 12.5. The SMILES string of the molecule is CCOc1ccccc1CN1C(=O)NC(C)(c2cccc(OC)c2)C1=O. The monoisotopic (exact) mass is 354 g/mol. The number of urea groups is 1. The van der Waals surface area contributed by atoms with Crippen LogP contribution in [0.1, 0.15) is 25.0 Å². The molecule has 0 bridgehead atoms. The molecule has 0 spiro atoms. The lowest BCUT2D eigenvalue weighted by Gasteiger charge is -2.23. The van der Waals surface area contributed by atoms with E-state index in [1.54, 1.807) is 38.3 Å². The number of hydrogen-bond donors (Lipinski definition) is 1. The van der Waals surface area contributed by atoms with E-state index >= 15 is 0 Å². The highest BCUT2D eigenvalue weighted by atomic mass is 16.5. The van der Waals surface area contributed by atoms with Gasteiger partial charge in [-0.25, -0.2) is 4.79 Å². The number of ether oxygens (including phenoxy) is 2. The fourth-order valence-corrected chi connectivity index (χ4v) is 3.07. The number of hydrogen-bond acceptors (Lipinski definition) is 4. The van der Waals surface area contributed by atoms with Crippen molar-refractivity contribution >= 4 is 11.9 Å². The van der Waals surface area contributed by atoms with Crippen LogP contribution < -0.4 is 14.8 Å². The second-order valence-corrected chi connectivity index (χ2v) is 6.22. The Bertz CT molecular complexity index is 836. The number of carbonyl (C=O) groups excluding carboxylic acids is 2. The predicted octanol–water partition coefficient (Wildman–Crippen LogP) is 3.06. The highest BCUT2D eigenvalue weighted by Crippen LogP contribution is 2.32. The van der Waals surface area contributed by atoms with Crippen molar-refractivity contribution in [2.24, 2.45) is 0 Å².